The molecule has 0 fully saturated rings. The summed E-state index contributed by atoms with van der Waals surface area (Å²) < 4.78 is 1.36. The number of nitro groups is 1. The second-order valence-corrected chi connectivity index (χ2v) is 5.13. The van der Waals surface area contributed by atoms with Gasteiger partial charge in [-0.25, -0.2) is 4.57 Å². The number of nitrogens with zero attached hydrogens (tertiary/aromatic N) is 4. The number of hydrogen-bond acceptors (Lipinski definition) is 5. The van der Waals surface area contributed by atoms with Crippen molar-refractivity contribution in [2.75, 3.05) is 0 Å². The fourth-order valence-corrected chi connectivity index (χ4v) is 1.58. The van der Waals surface area contributed by atoms with Crippen LogP contribution >= 0.6 is 11.6 Å². The van der Waals surface area contributed by atoms with Crippen molar-refractivity contribution in [3.8, 4) is 0 Å². The first-order valence-corrected chi connectivity index (χ1v) is 5.41. The number of nitroso groups, excluding NO2 is 1. The molecule has 7 nitrogen and oxygen atoms in total. The third-order valence-corrected chi connectivity index (χ3v) is 2.67. The van der Waals surface area contributed by atoms with E-state index in [1.54, 1.807) is 13.8 Å². The molecule has 17 heavy (non-hydrogen) atoms. The number of aromatic nitrogens is 2. The summed E-state index contributed by atoms with van der Waals surface area (Å²) in [5, 5.41) is 13.6. The standard InChI is InChI=1S/C9H13ClN4O3/c1-9(2,10)7(12-15)3-5-13-6-4-11-8(13)14(16)17/h4,6-7H,3,5H2,1-2H3. The molecule has 8 heteroatoms. The molecule has 1 atom stereocenters. The lowest BCUT2D eigenvalue weighted by atomic mass is 10.0. The van der Waals surface area contributed by atoms with Crippen LogP contribution in [-0.2, 0) is 6.54 Å². The van der Waals surface area contributed by atoms with Crippen LogP contribution in [0.2, 0.25) is 0 Å². The molecule has 1 rings (SSSR count). The first kappa shape index (κ1) is 13.6. The molecular formula is C9H13ClN4O3. The Hall–Kier alpha value is -1.50. The van der Waals surface area contributed by atoms with E-state index in [1.165, 1.54) is 17.0 Å². The summed E-state index contributed by atoms with van der Waals surface area (Å²) in [6.45, 7) is 3.65. The first-order chi connectivity index (χ1) is 7.86. The molecule has 0 N–H and O–H groups in total. The molecule has 0 radical (unpaired) electrons. The maximum Gasteiger partial charge on any atom is 0.434 e. The molecule has 1 aromatic heterocycles. The van der Waals surface area contributed by atoms with Crippen LogP contribution in [0.5, 0.6) is 0 Å². The molecule has 1 unspecified atom stereocenters. The van der Waals surface area contributed by atoms with E-state index in [4.69, 9.17) is 11.6 Å². The van der Waals surface area contributed by atoms with Gasteiger partial charge in [0, 0.05) is 6.42 Å². The Morgan fingerprint density at radius 3 is 2.82 bits per heavy atom. The number of alkyl halides is 1. The van der Waals surface area contributed by atoms with E-state index in [0.29, 0.717) is 6.42 Å². The van der Waals surface area contributed by atoms with Crippen molar-refractivity contribution in [1.29, 1.82) is 0 Å². The van der Waals surface area contributed by atoms with Gasteiger partial charge in [-0.2, -0.15) is 4.91 Å². The number of hydrogen-bond donors (Lipinski definition) is 0. The zero-order chi connectivity index (χ0) is 13.1. The molecular weight excluding hydrogens is 248 g/mol. The van der Waals surface area contributed by atoms with Crippen LogP contribution in [0.15, 0.2) is 17.6 Å². The largest absolute Gasteiger partial charge is 0.434 e. The molecule has 94 valence electrons. The zero-order valence-electron chi connectivity index (χ0n) is 9.54. The molecule has 0 aromatic carbocycles. The minimum atomic E-state index is -0.767. The maximum atomic E-state index is 10.6. The van der Waals surface area contributed by atoms with E-state index >= 15 is 0 Å². The molecule has 1 heterocycles. The third kappa shape index (κ3) is 3.48. The molecule has 0 spiro atoms. The lowest BCUT2D eigenvalue weighted by molar-refractivity contribution is -0.396. The average molecular weight is 261 g/mol. The summed E-state index contributed by atoms with van der Waals surface area (Å²) >= 11 is 5.99. The highest BCUT2D eigenvalue weighted by atomic mass is 35.5. The summed E-state index contributed by atoms with van der Waals surface area (Å²) in [5.41, 5.74) is 0. The van der Waals surface area contributed by atoms with Crippen molar-refractivity contribution in [3.63, 3.8) is 0 Å². The van der Waals surface area contributed by atoms with Gasteiger partial charge in [0.1, 0.15) is 18.4 Å². The normalized spacial score (nSPS) is 13.4. The van der Waals surface area contributed by atoms with Gasteiger partial charge in [-0.3, -0.25) is 0 Å². The van der Waals surface area contributed by atoms with E-state index in [1.807, 2.05) is 0 Å². The highest BCUT2D eigenvalue weighted by Crippen LogP contribution is 2.24. The number of rotatable bonds is 6. The summed E-state index contributed by atoms with van der Waals surface area (Å²) in [6.07, 6.45) is 3.16. The highest BCUT2D eigenvalue weighted by Gasteiger charge is 2.29. The van der Waals surface area contributed by atoms with Crippen molar-refractivity contribution in [2.24, 2.45) is 5.18 Å². The van der Waals surface area contributed by atoms with Gasteiger partial charge < -0.3 is 10.1 Å². The Balaban J connectivity index is 2.70. The van der Waals surface area contributed by atoms with E-state index in [-0.39, 0.29) is 12.5 Å². The van der Waals surface area contributed by atoms with Crippen molar-refractivity contribution in [1.82, 2.24) is 9.55 Å². The smallest absolute Gasteiger partial charge is 0.390 e. The van der Waals surface area contributed by atoms with Crippen LogP contribution in [0.4, 0.5) is 5.95 Å². The summed E-state index contributed by atoms with van der Waals surface area (Å²) in [4.78, 5) is 23.5. The number of imidazole rings is 1. The van der Waals surface area contributed by atoms with E-state index in [2.05, 4.69) is 10.2 Å². The minimum Gasteiger partial charge on any atom is -0.390 e. The Labute approximate surface area is 103 Å². The van der Waals surface area contributed by atoms with E-state index in [0.717, 1.165) is 0 Å². The average Bonchev–Trinajstić information content (AvgIpc) is 2.64. The van der Waals surface area contributed by atoms with Gasteiger partial charge in [0.2, 0.25) is 0 Å². The van der Waals surface area contributed by atoms with Crippen molar-refractivity contribution < 1.29 is 4.92 Å². The molecule has 0 aliphatic rings. The van der Waals surface area contributed by atoms with Gasteiger partial charge >= 0.3 is 5.95 Å². The van der Waals surface area contributed by atoms with Crippen molar-refractivity contribution >= 4 is 17.5 Å². The van der Waals surface area contributed by atoms with E-state index < -0.39 is 15.8 Å². The SMILES string of the molecule is CC(C)(Cl)C(CCn1ccnc1[N+](=O)[O-])N=O. The topological polar surface area (TPSA) is 90.4 Å². The predicted octanol–water partition coefficient (Wildman–Crippen LogP) is 2.33. The molecule has 0 saturated heterocycles. The van der Waals surface area contributed by atoms with Crippen LogP contribution in [0.3, 0.4) is 0 Å². The Morgan fingerprint density at radius 1 is 1.71 bits per heavy atom. The quantitative estimate of drug-likeness (QED) is 0.340. The molecule has 0 bridgehead atoms. The second kappa shape index (κ2) is 5.22. The van der Waals surface area contributed by atoms with Gasteiger partial charge in [-0.05, 0) is 18.8 Å². The van der Waals surface area contributed by atoms with Gasteiger partial charge in [0.15, 0.2) is 0 Å². The number of aryl methyl sites for hydroxylation is 1. The molecule has 0 saturated carbocycles. The monoisotopic (exact) mass is 260 g/mol. The van der Waals surface area contributed by atoms with E-state index in [9.17, 15) is 15.0 Å². The third-order valence-electron chi connectivity index (χ3n) is 2.42. The van der Waals surface area contributed by atoms with Crippen LogP contribution in [0.25, 0.3) is 0 Å². The summed E-state index contributed by atoms with van der Waals surface area (Å²) in [7, 11) is 0. The molecule has 0 aliphatic heterocycles. The van der Waals surface area contributed by atoms with Crippen LogP contribution < -0.4 is 0 Å². The van der Waals surface area contributed by atoms with Gasteiger partial charge in [-0.1, -0.05) is 10.2 Å². The molecule has 0 aliphatic carbocycles. The first-order valence-electron chi connectivity index (χ1n) is 5.03. The maximum absolute atomic E-state index is 10.6. The zero-order valence-corrected chi connectivity index (χ0v) is 10.3. The Morgan fingerprint density at radius 2 is 2.35 bits per heavy atom. The summed E-state index contributed by atoms with van der Waals surface area (Å²) in [5.74, 6) is -0.248. The van der Waals surface area contributed by atoms with Crippen LogP contribution in [-0.4, -0.2) is 25.4 Å². The van der Waals surface area contributed by atoms with Crippen LogP contribution in [0.1, 0.15) is 20.3 Å². The van der Waals surface area contributed by atoms with Crippen LogP contribution in [0, 0.1) is 15.0 Å². The fraction of sp³-hybridized carbons (Fsp3) is 0.667. The minimum absolute atomic E-state index is 0.248. The van der Waals surface area contributed by atoms with Gasteiger partial charge in [0.05, 0.1) is 11.4 Å². The Kier molecular flexibility index (Phi) is 4.17. The lowest BCUT2D eigenvalue weighted by Crippen LogP contribution is -2.29. The van der Waals surface area contributed by atoms with Gasteiger partial charge in [-0.15, -0.1) is 11.6 Å². The number of halogens is 1. The predicted molar refractivity (Wildman–Crippen MR) is 63.0 cm³/mol. The lowest BCUT2D eigenvalue weighted by Gasteiger charge is -2.21. The Bertz CT molecular complexity index is 413. The fourth-order valence-electron chi connectivity index (χ4n) is 1.43. The van der Waals surface area contributed by atoms with Gasteiger partial charge in [0.25, 0.3) is 0 Å². The highest BCUT2D eigenvalue weighted by molar-refractivity contribution is 6.23. The summed E-state index contributed by atoms with van der Waals surface area (Å²) in [6, 6.07) is -0.605. The van der Waals surface area contributed by atoms with Crippen molar-refractivity contribution in [3.05, 3.63) is 27.4 Å². The molecule has 1 aromatic rings. The molecule has 0 amide bonds. The van der Waals surface area contributed by atoms with Crippen molar-refractivity contribution in [2.45, 2.75) is 37.7 Å². The second-order valence-electron chi connectivity index (χ2n) is 4.15.